The number of carbonyl (C=O) groups is 1. The minimum Gasteiger partial charge on any atom is -0.393 e. The van der Waals surface area contributed by atoms with Crippen molar-refractivity contribution in [2.24, 2.45) is 17.8 Å². The van der Waals surface area contributed by atoms with E-state index in [1.165, 1.54) is 5.56 Å². The van der Waals surface area contributed by atoms with Crippen molar-refractivity contribution >= 4 is 5.91 Å². The molecule has 1 aliphatic rings. The molecule has 0 spiro atoms. The highest BCUT2D eigenvalue weighted by Gasteiger charge is 2.25. The Hall–Kier alpha value is -1.35. The largest absolute Gasteiger partial charge is 0.393 e. The summed E-state index contributed by atoms with van der Waals surface area (Å²) in [5, 5.41) is 12.8. The van der Waals surface area contributed by atoms with Crippen molar-refractivity contribution in [1.82, 2.24) is 5.32 Å². The molecule has 22 heavy (non-hydrogen) atoms. The average molecular weight is 303 g/mol. The Balaban J connectivity index is 1.87. The maximum absolute atomic E-state index is 12.5. The van der Waals surface area contributed by atoms with E-state index in [1.807, 2.05) is 18.2 Å². The number of rotatable bonds is 6. The first-order valence-electron chi connectivity index (χ1n) is 8.56. The lowest BCUT2D eigenvalue weighted by Crippen LogP contribution is -2.39. The predicted molar refractivity (Wildman–Crippen MR) is 89.4 cm³/mol. The summed E-state index contributed by atoms with van der Waals surface area (Å²) in [6, 6.07) is 10.2. The molecule has 0 radical (unpaired) electrons. The molecule has 1 amide bonds. The Morgan fingerprint density at radius 2 is 2.00 bits per heavy atom. The van der Waals surface area contributed by atoms with Gasteiger partial charge in [0.25, 0.3) is 0 Å². The summed E-state index contributed by atoms with van der Waals surface area (Å²) in [5.74, 6) is 0.907. The fraction of sp³-hybridized carbons (Fsp3) is 0.632. The molecule has 0 heterocycles. The van der Waals surface area contributed by atoms with Crippen LogP contribution in [0, 0.1) is 17.8 Å². The second-order valence-corrected chi connectivity index (χ2v) is 6.97. The number of aliphatic hydroxyl groups excluding tert-OH is 1. The fourth-order valence-electron chi connectivity index (χ4n) is 3.32. The van der Waals surface area contributed by atoms with Gasteiger partial charge in [0.05, 0.1) is 6.10 Å². The summed E-state index contributed by atoms with van der Waals surface area (Å²) in [4.78, 5) is 12.5. The third-order valence-electron chi connectivity index (χ3n) is 4.76. The number of hydrogen-bond acceptors (Lipinski definition) is 2. The summed E-state index contributed by atoms with van der Waals surface area (Å²) in [6.45, 7) is 4.92. The van der Waals surface area contributed by atoms with Gasteiger partial charge in [-0.15, -0.1) is 0 Å². The van der Waals surface area contributed by atoms with Gasteiger partial charge in [-0.25, -0.2) is 0 Å². The minimum absolute atomic E-state index is 0.0101. The van der Waals surface area contributed by atoms with E-state index in [2.05, 4.69) is 31.3 Å². The van der Waals surface area contributed by atoms with Crippen molar-refractivity contribution in [3.63, 3.8) is 0 Å². The van der Waals surface area contributed by atoms with Crippen LogP contribution in [-0.2, 0) is 11.2 Å². The van der Waals surface area contributed by atoms with E-state index < -0.39 is 0 Å². The Bertz CT molecular complexity index is 458. The molecular weight excluding hydrogens is 274 g/mol. The summed E-state index contributed by atoms with van der Waals surface area (Å²) in [7, 11) is 0. The van der Waals surface area contributed by atoms with E-state index in [0.29, 0.717) is 18.4 Å². The van der Waals surface area contributed by atoms with E-state index in [9.17, 15) is 9.90 Å². The highest BCUT2D eigenvalue weighted by atomic mass is 16.3. The molecule has 1 aromatic rings. The molecule has 3 unspecified atom stereocenters. The highest BCUT2D eigenvalue weighted by Crippen LogP contribution is 2.24. The zero-order chi connectivity index (χ0) is 15.9. The van der Waals surface area contributed by atoms with Crippen molar-refractivity contribution in [2.45, 2.75) is 52.1 Å². The summed E-state index contributed by atoms with van der Waals surface area (Å²) in [5.41, 5.74) is 1.21. The third-order valence-corrected chi connectivity index (χ3v) is 4.76. The lowest BCUT2D eigenvalue weighted by molar-refractivity contribution is -0.126. The van der Waals surface area contributed by atoms with Crippen LogP contribution in [-0.4, -0.2) is 23.7 Å². The van der Waals surface area contributed by atoms with Crippen LogP contribution in [0.4, 0.5) is 0 Å². The van der Waals surface area contributed by atoms with Crippen molar-refractivity contribution in [3.05, 3.63) is 35.9 Å². The maximum Gasteiger partial charge on any atom is 0.223 e. The van der Waals surface area contributed by atoms with Gasteiger partial charge < -0.3 is 10.4 Å². The minimum atomic E-state index is -0.180. The second kappa shape index (κ2) is 8.33. The molecule has 0 aromatic heterocycles. The Labute approximate surface area is 134 Å². The van der Waals surface area contributed by atoms with Gasteiger partial charge in [-0.2, -0.15) is 0 Å². The molecule has 3 atom stereocenters. The smallest absolute Gasteiger partial charge is 0.223 e. The molecular formula is C19H29NO2. The van der Waals surface area contributed by atoms with Crippen LogP contribution in [0.5, 0.6) is 0 Å². The molecule has 0 bridgehead atoms. The molecule has 1 aromatic carbocycles. The van der Waals surface area contributed by atoms with Gasteiger partial charge in [-0.3, -0.25) is 4.79 Å². The highest BCUT2D eigenvalue weighted by molar-refractivity contribution is 5.79. The Morgan fingerprint density at radius 1 is 1.27 bits per heavy atom. The van der Waals surface area contributed by atoms with Gasteiger partial charge >= 0.3 is 0 Å². The molecule has 0 saturated heterocycles. The van der Waals surface area contributed by atoms with Crippen LogP contribution in [0.1, 0.15) is 45.1 Å². The SMILES string of the molecule is CC(C)C(Cc1ccccc1)C(=O)NCC1CCCC(O)C1. The molecule has 3 nitrogen and oxygen atoms in total. The summed E-state index contributed by atoms with van der Waals surface area (Å²) < 4.78 is 0. The van der Waals surface area contributed by atoms with Crippen molar-refractivity contribution in [1.29, 1.82) is 0 Å². The van der Waals surface area contributed by atoms with E-state index in [4.69, 9.17) is 0 Å². The normalized spacial score (nSPS) is 23.3. The molecule has 1 saturated carbocycles. The lowest BCUT2D eigenvalue weighted by atomic mass is 9.86. The van der Waals surface area contributed by atoms with Gasteiger partial charge in [0, 0.05) is 12.5 Å². The summed E-state index contributed by atoms with van der Waals surface area (Å²) >= 11 is 0. The number of hydrogen-bond donors (Lipinski definition) is 2. The third kappa shape index (κ3) is 5.13. The lowest BCUT2D eigenvalue weighted by Gasteiger charge is -2.27. The first kappa shape index (κ1) is 17.0. The summed E-state index contributed by atoms with van der Waals surface area (Å²) in [6.07, 6.45) is 4.53. The molecule has 2 rings (SSSR count). The molecule has 0 aliphatic heterocycles. The number of aliphatic hydroxyl groups is 1. The van der Waals surface area contributed by atoms with Gasteiger partial charge in [-0.05, 0) is 43.1 Å². The molecule has 3 heteroatoms. The monoisotopic (exact) mass is 303 g/mol. The molecule has 1 fully saturated rings. The van der Waals surface area contributed by atoms with Crippen LogP contribution in [0.25, 0.3) is 0 Å². The topological polar surface area (TPSA) is 49.3 Å². The van der Waals surface area contributed by atoms with Crippen LogP contribution in [0.15, 0.2) is 30.3 Å². The van der Waals surface area contributed by atoms with Crippen LogP contribution in [0.3, 0.4) is 0 Å². The standard InChI is InChI=1S/C19H29NO2/c1-14(2)18(12-15-7-4-3-5-8-15)19(22)20-13-16-9-6-10-17(21)11-16/h3-5,7-8,14,16-18,21H,6,9-13H2,1-2H3,(H,20,22). The van der Waals surface area contributed by atoms with E-state index >= 15 is 0 Å². The van der Waals surface area contributed by atoms with E-state index in [1.54, 1.807) is 0 Å². The number of carbonyl (C=O) groups excluding carboxylic acids is 1. The zero-order valence-electron chi connectivity index (χ0n) is 13.8. The van der Waals surface area contributed by atoms with E-state index in [-0.39, 0.29) is 17.9 Å². The van der Waals surface area contributed by atoms with Crippen molar-refractivity contribution in [2.75, 3.05) is 6.54 Å². The first-order valence-corrected chi connectivity index (χ1v) is 8.56. The van der Waals surface area contributed by atoms with E-state index in [0.717, 1.165) is 32.1 Å². The number of benzene rings is 1. The van der Waals surface area contributed by atoms with Crippen molar-refractivity contribution in [3.8, 4) is 0 Å². The first-order chi connectivity index (χ1) is 10.6. The Morgan fingerprint density at radius 3 is 2.64 bits per heavy atom. The van der Waals surface area contributed by atoms with Gasteiger partial charge in [-0.1, -0.05) is 50.6 Å². The zero-order valence-corrected chi connectivity index (χ0v) is 13.8. The molecule has 2 N–H and O–H groups in total. The average Bonchev–Trinajstić information content (AvgIpc) is 2.51. The predicted octanol–water partition coefficient (Wildman–Crippen LogP) is 3.17. The molecule has 122 valence electrons. The van der Waals surface area contributed by atoms with Gasteiger partial charge in [0.15, 0.2) is 0 Å². The fourth-order valence-corrected chi connectivity index (χ4v) is 3.32. The van der Waals surface area contributed by atoms with Crippen molar-refractivity contribution < 1.29 is 9.90 Å². The molecule has 1 aliphatic carbocycles. The number of nitrogens with one attached hydrogen (secondary N) is 1. The quantitative estimate of drug-likeness (QED) is 0.848. The second-order valence-electron chi connectivity index (χ2n) is 6.97. The Kier molecular flexibility index (Phi) is 6.44. The van der Waals surface area contributed by atoms with Gasteiger partial charge in [0.2, 0.25) is 5.91 Å². The van der Waals surface area contributed by atoms with Crippen LogP contribution < -0.4 is 5.32 Å². The number of amides is 1. The maximum atomic E-state index is 12.5. The van der Waals surface area contributed by atoms with Gasteiger partial charge in [0.1, 0.15) is 0 Å². The van der Waals surface area contributed by atoms with Crippen LogP contribution >= 0.6 is 0 Å². The van der Waals surface area contributed by atoms with Crippen LogP contribution in [0.2, 0.25) is 0 Å².